The Bertz CT molecular complexity index is 428. The molecule has 0 amide bonds. The van der Waals surface area contributed by atoms with Gasteiger partial charge < -0.3 is 10.5 Å². The van der Waals surface area contributed by atoms with Crippen LogP contribution in [-0.4, -0.2) is 6.10 Å². The van der Waals surface area contributed by atoms with Crippen LogP contribution in [0.5, 0.6) is 5.75 Å². The molecule has 18 heavy (non-hydrogen) atoms. The summed E-state index contributed by atoms with van der Waals surface area (Å²) < 4.78 is 6.30. The number of nitrogens with two attached hydrogens (primary N) is 1. The molecule has 4 bridgehead atoms. The second kappa shape index (κ2) is 3.91. The van der Waals surface area contributed by atoms with Gasteiger partial charge in [0.05, 0.1) is 5.69 Å². The van der Waals surface area contributed by atoms with Crippen molar-refractivity contribution in [2.45, 2.75) is 38.2 Å². The third-order valence-electron chi connectivity index (χ3n) is 5.32. The maximum absolute atomic E-state index is 6.30. The second-order valence-electron chi connectivity index (χ2n) is 6.55. The molecule has 5 rings (SSSR count). The fourth-order valence-electron chi connectivity index (χ4n) is 4.80. The highest BCUT2D eigenvalue weighted by molar-refractivity contribution is 5.51. The molecule has 0 heterocycles. The molecule has 2 N–H and O–H groups in total. The van der Waals surface area contributed by atoms with E-state index < -0.39 is 0 Å². The molecule has 96 valence electrons. The van der Waals surface area contributed by atoms with Gasteiger partial charge in [0.15, 0.2) is 0 Å². The Morgan fingerprint density at radius 3 is 2.11 bits per heavy atom. The minimum atomic E-state index is 0.433. The van der Waals surface area contributed by atoms with E-state index in [1.807, 2.05) is 24.3 Å². The average molecular weight is 243 g/mol. The summed E-state index contributed by atoms with van der Waals surface area (Å²) in [6, 6.07) is 7.94. The van der Waals surface area contributed by atoms with Crippen LogP contribution < -0.4 is 10.5 Å². The molecule has 4 saturated carbocycles. The molecule has 1 aromatic rings. The van der Waals surface area contributed by atoms with Gasteiger partial charge in [-0.2, -0.15) is 0 Å². The van der Waals surface area contributed by atoms with Gasteiger partial charge >= 0.3 is 0 Å². The predicted octanol–water partition coefficient (Wildman–Crippen LogP) is 3.47. The average Bonchev–Trinajstić information content (AvgIpc) is 2.35. The van der Waals surface area contributed by atoms with Crippen molar-refractivity contribution in [3.8, 4) is 5.75 Å². The molecular weight excluding hydrogens is 222 g/mol. The highest BCUT2D eigenvalue weighted by Crippen LogP contribution is 2.54. The summed E-state index contributed by atoms with van der Waals surface area (Å²) in [5.74, 6) is 4.48. The van der Waals surface area contributed by atoms with Crippen molar-refractivity contribution >= 4 is 5.69 Å². The topological polar surface area (TPSA) is 35.2 Å². The first-order valence-corrected chi connectivity index (χ1v) is 7.31. The smallest absolute Gasteiger partial charge is 0.142 e. The molecule has 4 aliphatic carbocycles. The predicted molar refractivity (Wildman–Crippen MR) is 72.3 cm³/mol. The molecule has 0 spiro atoms. The Labute approximate surface area is 109 Å². The highest BCUT2D eigenvalue weighted by Gasteiger charge is 2.49. The van der Waals surface area contributed by atoms with Crippen molar-refractivity contribution in [1.82, 2.24) is 0 Å². The summed E-state index contributed by atoms with van der Waals surface area (Å²) in [7, 11) is 0. The number of anilines is 1. The van der Waals surface area contributed by atoms with E-state index in [9.17, 15) is 0 Å². The zero-order chi connectivity index (χ0) is 12.1. The zero-order valence-corrected chi connectivity index (χ0v) is 10.7. The third kappa shape index (κ3) is 1.62. The summed E-state index contributed by atoms with van der Waals surface area (Å²) in [5, 5.41) is 0. The molecule has 0 unspecified atom stereocenters. The largest absolute Gasteiger partial charge is 0.488 e. The van der Waals surface area contributed by atoms with Gasteiger partial charge in [0.25, 0.3) is 0 Å². The number of hydrogen-bond donors (Lipinski definition) is 1. The molecular formula is C16H21NO. The van der Waals surface area contributed by atoms with Crippen LogP contribution in [0.25, 0.3) is 0 Å². The van der Waals surface area contributed by atoms with Gasteiger partial charge in [0, 0.05) is 0 Å². The first kappa shape index (κ1) is 10.7. The molecule has 2 heteroatoms. The third-order valence-corrected chi connectivity index (χ3v) is 5.32. The summed E-state index contributed by atoms with van der Waals surface area (Å²) >= 11 is 0. The molecule has 0 saturated heterocycles. The maximum Gasteiger partial charge on any atom is 0.142 e. The van der Waals surface area contributed by atoms with Crippen LogP contribution >= 0.6 is 0 Å². The standard InChI is InChI=1S/C16H21NO/c17-14-3-1-2-4-15(14)18-16-12-6-10-5-11(8-12)9-13(16)7-10/h1-4,10-13,16H,5-9,17H2. The molecule has 0 atom stereocenters. The summed E-state index contributed by atoms with van der Waals surface area (Å²) in [6.45, 7) is 0. The maximum atomic E-state index is 6.30. The fourth-order valence-corrected chi connectivity index (χ4v) is 4.80. The van der Waals surface area contributed by atoms with Crippen molar-refractivity contribution in [3.05, 3.63) is 24.3 Å². The van der Waals surface area contributed by atoms with E-state index in [4.69, 9.17) is 10.5 Å². The van der Waals surface area contributed by atoms with Crippen LogP contribution in [0.2, 0.25) is 0 Å². The van der Waals surface area contributed by atoms with Crippen LogP contribution in [-0.2, 0) is 0 Å². The van der Waals surface area contributed by atoms with Gasteiger partial charge in [0.2, 0.25) is 0 Å². The van der Waals surface area contributed by atoms with E-state index >= 15 is 0 Å². The molecule has 0 aliphatic heterocycles. The number of rotatable bonds is 2. The molecule has 4 fully saturated rings. The Kier molecular flexibility index (Phi) is 2.33. The van der Waals surface area contributed by atoms with Crippen LogP contribution in [0, 0.1) is 23.7 Å². The van der Waals surface area contributed by atoms with E-state index in [1.165, 1.54) is 32.1 Å². The monoisotopic (exact) mass is 243 g/mol. The lowest BCUT2D eigenvalue weighted by atomic mass is 9.55. The van der Waals surface area contributed by atoms with Crippen molar-refractivity contribution in [2.24, 2.45) is 23.7 Å². The van der Waals surface area contributed by atoms with Crippen molar-refractivity contribution < 1.29 is 4.74 Å². The second-order valence-corrected chi connectivity index (χ2v) is 6.55. The summed E-state index contributed by atoms with van der Waals surface area (Å²) in [4.78, 5) is 0. The van der Waals surface area contributed by atoms with Gasteiger partial charge in [-0.1, -0.05) is 12.1 Å². The van der Waals surface area contributed by atoms with E-state index in [2.05, 4.69) is 0 Å². The number of hydrogen-bond acceptors (Lipinski definition) is 2. The number of para-hydroxylation sites is 2. The Balaban J connectivity index is 1.57. The quantitative estimate of drug-likeness (QED) is 0.807. The SMILES string of the molecule is Nc1ccccc1OC1C2CC3CC(C2)CC1C3. The minimum absolute atomic E-state index is 0.433. The zero-order valence-electron chi connectivity index (χ0n) is 10.7. The van der Waals surface area contributed by atoms with E-state index in [0.29, 0.717) is 6.10 Å². The fraction of sp³-hybridized carbons (Fsp3) is 0.625. The van der Waals surface area contributed by atoms with Gasteiger partial charge in [-0.05, 0) is 67.9 Å². The van der Waals surface area contributed by atoms with Crippen LogP contribution in [0.4, 0.5) is 5.69 Å². The molecule has 1 aromatic carbocycles. The van der Waals surface area contributed by atoms with Crippen LogP contribution in [0.3, 0.4) is 0 Å². The highest BCUT2D eigenvalue weighted by atomic mass is 16.5. The Hall–Kier alpha value is -1.18. The summed E-state index contributed by atoms with van der Waals surface area (Å²) in [5.41, 5.74) is 6.78. The Morgan fingerprint density at radius 1 is 0.889 bits per heavy atom. The van der Waals surface area contributed by atoms with Crippen LogP contribution in [0.15, 0.2) is 24.3 Å². The van der Waals surface area contributed by atoms with Gasteiger partial charge in [-0.25, -0.2) is 0 Å². The van der Waals surface area contributed by atoms with Gasteiger partial charge in [-0.15, -0.1) is 0 Å². The lowest BCUT2D eigenvalue weighted by Crippen LogP contribution is -2.50. The molecule has 2 nitrogen and oxygen atoms in total. The van der Waals surface area contributed by atoms with Crippen LogP contribution in [0.1, 0.15) is 32.1 Å². The van der Waals surface area contributed by atoms with E-state index in [0.717, 1.165) is 35.1 Å². The molecule has 0 radical (unpaired) electrons. The normalized spacial score (nSPS) is 41.0. The minimum Gasteiger partial charge on any atom is -0.488 e. The van der Waals surface area contributed by atoms with Crippen molar-refractivity contribution in [3.63, 3.8) is 0 Å². The first-order valence-electron chi connectivity index (χ1n) is 7.31. The molecule has 0 aromatic heterocycles. The number of nitrogen functional groups attached to an aromatic ring is 1. The van der Waals surface area contributed by atoms with E-state index in [-0.39, 0.29) is 0 Å². The summed E-state index contributed by atoms with van der Waals surface area (Å²) in [6.07, 6.45) is 7.50. The number of benzene rings is 1. The van der Waals surface area contributed by atoms with Crippen molar-refractivity contribution in [1.29, 1.82) is 0 Å². The lowest BCUT2D eigenvalue weighted by molar-refractivity contribution is -0.0787. The lowest BCUT2D eigenvalue weighted by Gasteiger charge is -2.53. The number of ether oxygens (including phenoxy) is 1. The Morgan fingerprint density at radius 2 is 1.50 bits per heavy atom. The first-order chi connectivity index (χ1) is 8.79. The van der Waals surface area contributed by atoms with Gasteiger partial charge in [-0.3, -0.25) is 0 Å². The molecule has 4 aliphatic rings. The van der Waals surface area contributed by atoms with E-state index in [1.54, 1.807) is 0 Å². The van der Waals surface area contributed by atoms with Crippen molar-refractivity contribution in [2.75, 3.05) is 5.73 Å². The van der Waals surface area contributed by atoms with Gasteiger partial charge in [0.1, 0.15) is 11.9 Å².